The first-order valence-electron chi connectivity index (χ1n) is 7.48. The molecule has 1 aliphatic rings. The number of fused-ring (bicyclic) bond motifs is 1. The van der Waals surface area contributed by atoms with E-state index in [0.717, 1.165) is 26.7 Å². The van der Waals surface area contributed by atoms with Gasteiger partial charge in [-0.25, -0.2) is 9.78 Å². The van der Waals surface area contributed by atoms with E-state index in [1.54, 1.807) is 28.0 Å². The van der Waals surface area contributed by atoms with E-state index in [2.05, 4.69) is 9.72 Å². The molecule has 0 radical (unpaired) electrons. The predicted octanol–water partition coefficient (Wildman–Crippen LogP) is 4.02. The van der Waals surface area contributed by atoms with Gasteiger partial charge in [0.15, 0.2) is 4.34 Å². The summed E-state index contributed by atoms with van der Waals surface area (Å²) < 4.78 is 6.73. The quantitative estimate of drug-likeness (QED) is 0.308. The van der Waals surface area contributed by atoms with Crippen LogP contribution in [0.15, 0.2) is 33.6 Å². The van der Waals surface area contributed by atoms with Crippen LogP contribution in [0.25, 0.3) is 10.2 Å². The van der Waals surface area contributed by atoms with Crippen LogP contribution in [-0.4, -0.2) is 46.9 Å². The van der Waals surface area contributed by atoms with Crippen LogP contribution in [-0.2, 0) is 14.3 Å². The van der Waals surface area contributed by atoms with Gasteiger partial charge in [-0.05, 0) is 24.6 Å². The van der Waals surface area contributed by atoms with E-state index in [9.17, 15) is 9.59 Å². The Morgan fingerprint density at radius 1 is 1.52 bits per heavy atom. The second-order valence-electron chi connectivity index (χ2n) is 5.13. The molecular weight excluding hydrogens is 400 g/mol. The van der Waals surface area contributed by atoms with E-state index in [1.807, 2.05) is 18.2 Å². The minimum atomic E-state index is -0.440. The number of nitrogens with zero attached hydrogens (tertiary/aromatic N) is 2. The van der Waals surface area contributed by atoms with Gasteiger partial charge >= 0.3 is 5.97 Å². The molecule has 5 nitrogen and oxygen atoms in total. The molecule has 0 atom stereocenters. The number of benzene rings is 1. The zero-order valence-corrected chi connectivity index (χ0v) is 16.6. The number of amides is 1. The number of aromatic nitrogens is 1. The van der Waals surface area contributed by atoms with Crippen molar-refractivity contribution in [2.75, 3.05) is 25.2 Å². The molecular formula is C16H15ClN2O3S3. The SMILES string of the molecule is COC(=O)/C=C1/SCC(=O)N1CCCSc1nc2cc(Cl)ccc2s1. The van der Waals surface area contributed by atoms with Crippen molar-refractivity contribution in [1.82, 2.24) is 9.88 Å². The molecule has 9 heteroatoms. The zero-order chi connectivity index (χ0) is 17.8. The summed E-state index contributed by atoms with van der Waals surface area (Å²) in [6.07, 6.45) is 2.19. The van der Waals surface area contributed by atoms with Gasteiger partial charge in [-0.2, -0.15) is 0 Å². The van der Waals surface area contributed by atoms with E-state index < -0.39 is 5.97 Å². The van der Waals surface area contributed by atoms with E-state index in [0.29, 0.717) is 22.3 Å². The van der Waals surface area contributed by atoms with Crippen LogP contribution in [0, 0.1) is 0 Å². The second-order valence-corrected chi connectivity index (χ2v) is 8.94. The Balaban J connectivity index is 1.53. The summed E-state index contributed by atoms with van der Waals surface area (Å²) in [6, 6.07) is 5.70. The maximum Gasteiger partial charge on any atom is 0.333 e. The fourth-order valence-electron chi connectivity index (χ4n) is 2.25. The van der Waals surface area contributed by atoms with Gasteiger partial charge in [-0.15, -0.1) is 11.3 Å². The van der Waals surface area contributed by atoms with Gasteiger partial charge in [0.2, 0.25) is 5.91 Å². The molecule has 0 N–H and O–H groups in total. The van der Waals surface area contributed by atoms with Crippen LogP contribution in [0.4, 0.5) is 0 Å². The third-order valence-corrected chi connectivity index (χ3v) is 6.96. The van der Waals surface area contributed by atoms with Crippen LogP contribution < -0.4 is 0 Å². The van der Waals surface area contributed by atoms with Crippen molar-refractivity contribution in [3.8, 4) is 0 Å². The second kappa shape index (κ2) is 8.44. The maximum absolute atomic E-state index is 12.0. The zero-order valence-electron chi connectivity index (χ0n) is 13.4. The number of esters is 1. The van der Waals surface area contributed by atoms with Crippen molar-refractivity contribution >= 4 is 68.6 Å². The third-order valence-electron chi connectivity index (χ3n) is 3.43. The Morgan fingerprint density at radius 2 is 2.36 bits per heavy atom. The summed E-state index contributed by atoms with van der Waals surface area (Å²) in [5, 5.41) is 1.35. The number of carbonyl (C=O) groups excluding carboxylic acids is 2. The summed E-state index contributed by atoms with van der Waals surface area (Å²) in [4.78, 5) is 29.5. The van der Waals surface area contributed by atoms with E-state index >= 15 is 0 Å². The predicted molar refractivity (Wildman–Crippen MR) is 104 cm³/mol. The molecule has 132 valence electrons. The normalized spacial score (nSPS) is 16.2. The lowest BCUT2D eigenvalue weighted by atomic mass is 10.3. The number of thioether (sulfide) groups is 2. The highest BCUT2D eigenvalue weighted by Gasteiger charge is 2.26. The van der Waals surface area contributed by atoms with Gasteiger partial charge in [0.1, 0.15) is 0 Å². The minimum Gasteiger partial charge on any atom is -0.466 e. The van der Waals surface area contributed by atoms with E-state index in [1.165, 1.54) is 24.9 Å². The highest BCUT2D eigenvalue weighted by molar-refractivity contribution is 8.04. The van der Waals surface area contributed by atoms with Gasteiger partial charge in [-0.3, -0.25) is 4.79 Å². The number of hydrogen-bond acceptors (Lipinski definition) is 7. The Hall–Kier alpha value is -1.22. The number of carbonyl (C=O) groups is 2. The molecule has 1 fully saturated rings. The highest BCUT2D eigenvalue weighted by Crippen LogP contribution is 2.32. The number of ether oxygens (including phenoxy) is 1. The molecule has 3 rings (SSSR count). The summed E-state index contributed by atoms with van der Waals surface area (Å²) in [7, 11) is 1.33. The smallest absolute Gasteiger partial charge is 0.333 e. The Morgan fingerprint density at radius 3 is 3.16 bits per heavy atom. The summed E-state index contributed by atoms with van der Waals surface area (Å²) >= 11 is 10.7. The van der Waals surface area contributed by atoms with Gasteiger partial charge in [0.25, 0.3) is 0 Å². The molecule has 0 saturated carbocycles. The largest absolute Gasteiger partial charge is 0.466 e. The first kappa shape index (κ1) is 18.6. The van der Waals surface area contributed by atoms with Gasteiger partial charge in [0.05, 0.1) is 34.2 Å². The molecule has 25 heavy (non-hydrogen) atoms. The maximum atomic E-state index is 12.0. The van der Waals surface area contributed by atoms with Crippen molar-refractivity contribution in [2.24, 2.45) is 0 Å². The van der Waals surface area contributed by atoms with Crippen LogP contribution in [0.2, 0.25) is 5.02 Å². The summed E-state index contributed by atoms with van der Waals surface area (Å²) in [5.41, 5.74) is 0.911. The van der Waals surface area contributed by atoms with Gasteiger partial charge in [0, 0.05) is 17.3 Å². The van der Waals surface area contributed by atoms with Crippen LogP contribution in [0.5, 0.6) is 0 Å². The van der Waals surface area contributed by atoms with Crippen molar-refractivity contribution in [3.63, 3.8) is 0 Å². The van der Waals surface area contributed by atoms with Crippen molar-refractivity contribution in [3.05, 3.63) is 34.3 Å². The van der Waals surface area contributed by atoms with Crippen LogP contribution in [0.3, 0.4) is 0 Å². The summed E-state index contributed by atoms with van der Waals surface area (Å²) in [5.74, 6) is 0.798. The number of rotatable bonds is 6. The van der Waals surface area contributed by atoms with Crippen molar-refractivity contribution < 1.29 is 14.3 Å². The molecule has 0 spiro atoms. The molecule has 1 amide bonds. The average molecular weight is 415 g/mol. The molecule has 1 saturated heterocycles. The lowest BCUT2D eigenvalue weighted by molar-refractivity contribution is -0.134. The molecule has 0 bridgehead atoms. The number of thiazole rings is 1. The first-order chi connectivity index (χ1) is 12.1. The molecule has 1 aromatic carbocycles. The monoisotopic (exact) mass is 414 g/mol. The third kappa shape index (κ3) is 4.69. The topological polar surface area (TPSA) is 59.5 Å². The number of halogens is 1. The van der Waals surface area contributed by atoms with Crippen LogP contribution >= 0.6 is 46.5 Å². The fourth-order valence-corrected chi connectivity index (χ4v) is 5.42. The van der Waals surface area contributed by atoms with Crippen molar-refractivity contribution in [1.29, 1.82) is 0 Å². The fraction of sp³-hybridized carbons (Fsp3) is 0.312. The molecule has 0 aliphatic carbocycles. The standard InChI is InChI=1S/C16H15ClN2O3S3/c1-22-15(21)8-14-19(13(20)9-24-14)5-2-6-23-16-18-11-7-10(17)3-4-12(11)25-16/h3-4,7-8H,2,5-6,9H2,1H3/b14-8+. The molecule has 0 unspecified atom stereocenters. The lowest BCUT2D eigenvalue weighted by Gasteiger charge is -2.16. The minimum absolute atomic E-state index is 0.0276. The Bertz CT molecular complexity index is 837. The number of methoxy groups -OCH3 is 1. The Labute approximate surface area is 162 Å². The van der Waals surface area contributed by atoms with Crippen molar-refractivity contribution in [2.45, 2.75) is 10.8 Å². The number of hydrogen-bond donors (Lipinski definition) is 0. The lowest BCUT2D eigenvalue weighted by Crippen LogP contribution is -2.26. The molecule has 1 aliphatic heterocycles. The van der Waals surface area contributed by atoms with Crippen LogP contribution in [0.1, 0.15) is 6.42 Å². The molecule has 1 aromatic heterocycles. The Kier molecular flexibility index (Phi) is 6.27. The van der Waals surface area contributed by atoms with E-state index in [4.69, 9.17) is 11.6 Å². The van der Waals surface area contributed by atoms with Gasteiger partial charge < -0.3 is 9.64 Å². The summed E-state index contributed by atoms with van der Waals surface area (Å²) in [6.45, 7) is 0.582. The highest BCUT2D eigenvalue weighted by atomic mass is 35.5. The molecule has 2 aromatic rings. The average Bonchev–Trinajstić information content (AvgIpc) is 3.15. The van der Waals surface area contributed by atoms with Gasteiger partial charge in [-0.1, -0.05) is 35.1 Å². The van der Waals surface area contributed by atoms with E-state index in [-0.39, 0.29) is 5.91 Å². The first-order valence-corrected chi connectivity index (χ1v) is 10.6. The molecule has 2 heterocycles.